The molecular formula is C52H55FN6O11S2. The molecular weight excluding hydrogens is 968 g/mol. The highest BCUT2D eigenvalue weighted by Crippen LogP contribution is 2.45. The number of carbonyl (C=O) groups is 6. The molecule has 3 fully saturated rings. The average Bonchev–Trinajstić information content (AvgIpc) is 3.83. The number of sulfonamides is 1. The lowest BCUT2D eigenvalue weighted by atomic mass is 9.85. The second kappa shape index (κ2) is 20.3. The Morgan fingerprint density at radius 1 is 0.917 bits per heavy atom. The van der Waals surface area contributed by atoms with Crippen LogP contribution >= 0.6 is 11.3 Å². The number of carbonyl (C=O) groups excluding carboxylic acids is 6. The molecule has 20 heteroatoms. The molecule has 72 heavy (non-hydrogen) atoms. The molecule has 3 N–H and O–H groups in total. The van der Waals surface area contributed by atoms with E-state index in [1.807, 2.05) is 44.2 Å². The third-order valence-corrected chi connectivity index (χ3v) is 17.0. The molecule has 0 radical (unpaired) electrons. The van der Waals surface area contributed by atoms with Crippen LogP contribution in [0.15, 0.2) is 78.9 Å². The lowest BCUT2D eigenvalue weighted by Gasteiger charge is -2.45. The number of methoxy groups -OCH3 is 1. The third kappa shape index (κ3) is 9.99. The highest BCUT2D eigenvalue weighted by Gasteiger charge is 2.43. The summed E-state index contributed by atoms with van der Waals surface area (Å²) in [5.74, 6) is -4.00. The van der Waals surface area contributed by atoms with E-state index in [-0.39, 0.29) is 71.3 Å². The number of imide groups is 1. The highest BCUT2D eigenvalue weighted by atomic mass is 32.2. The number of benzene rings is 4. The Morgan fingerprint density at radius 2 is 1.67 bits per heavy atom. The lowest BCUT2D eigenvalue weighted by Crippen LogP contribution is -2.55. The fourth-order valence-electron chi connectivity index (χ4n) is 10.5. The minimum absolute atomic E-state index is 0.108. The Morgan fingerprint density at radius 3 is 2.40 bits per heavy atom. The number of ether oxygens (including phenoxy) is 3. The number of hydrogen-bond acceptors (Lipinski definition) is 13. The van der Waals surface area contributed by atoms with Crippen LogP contribution in [0, 0.1) is 5.82 Å². The smallest absolute Gasteiger partial charge is 0.352 e. The predicted octanol–water partition coefficient (Wildman–Crippen LogP) is 7.80. The summed E-state index contributed by atoms with van der Waals surface area (Å²) in [6, 6.07) is 22.1. The summed E-state index contributed by atoms with van der Waals surface area (Å²) in [4.78, 5) is 79.7. The van der Waals surface area contributed by atoms with Gasteiger partial charge in [-0.25, -0.2) is 27.2 Å². The van der Waals surface area contributed by atoms with Gasteiger partial charge in [0.15, 0.2) is 23.1 Å². The van der Waals surface area contributed by atoms with Crippen LogP contribution in [0.25, 0.3) is 21.2 Å². The number of nitrogens with one attached hydrogen (secondary N) is 3. The van der Waals surface area contributed by atoms with Crippen LogP contribution in [0.4, 0.5) is 26.2 Å². The second-order valence-electron chi connectivity index (χ2n) is 19.0. The summed E-state index contributed by atoms with van der Waals surface area (Å²) >= 11 is 0.838. The summed E-state index contributed by atoms with van der Waals surface area (Å²) in [5, 5.41) is 10.5. The maximum absolute atomic E-state index is 15.9. The Hall–Kier alpha value is -6.90. The molecule has 5 amide bonds. The molecule has 4 aliphatic heterocycles. The quantitative estimate of drug-likeness (QED) is 0.0719. The van der Waals surface area contributed by atoms with Crippen molar-refractivity contribution in [1.29, 1.82) is 0 Å². The minimum atomic E-state index is -3.83. The van der Waals surface area contributed by atoms with Gasteiger partial charge in [-0.05, 0) is 117 Å². The number of likely N-dealkylation sites (tertiary alicyclic amines) is 1. The predicted molar refractivity (Wildman–Crippen MR) is 269 cm³/mol. The van der Waals surface area contributed by atoms with Crippen molar-refractivity contribution in [2.45, 2.75) is 88.6 Å². The standard InChI is InChI=1S/C52H55FN6O11S2/c1-5-69-42(61)28-70-45-44(53)46(71-47(45)50(64)68-4)32-10-7-12-34(26-32)54-35-21-24-58(52(2,3)27-35)72(66,67)29-30-9-6-11-33(25-30)55-51(65)57-22-19-31(20-23-57)36-15-16-39-43-37(36)13-8-14-38(43)49(63)59(39)40-17-18-41(60)56-48(40)62/h6-16,25-26,31,35,40,54H,5,17-24,27-29H2,1-4H3,(H,55,65)(H,56,60,62)/t35?,40-/m0/s1. The molecule has 5 heterocycles. The van der Waals surface area contributed by atoms with Crippen LogP contribution < -0.4 is 25.6 Å². The molecule has 0 bridgehead atoms. The molecule has 4 aliphatic rings. The minimum Gasteiger partial charge on any atom is -0.477 e. The van der Waals surface area contributed by atoms with E-state index < -0.39 is 57.6 Å². The molecule has 0 spiro atoms. The number of halogens is 1. The van der Waals surface area contributed by atoms with E-state index in [1.165, 1.54) is 9.21 Å². The van der Waals surface area contributed by atoms with E-state index in [4.69, 9.17) is 14.2 Å². The Labute approximate surface area is 420 Å². The molecule has 5 aromatic rings. The van der Waals surface area contributed by atoms with Crippen molar-refractivity contribution in [3.8, 4) is 16.2 Å². The van der Waals surface area contributed by atoms with E-state index in [9.17, 15) is 37.2 Å². The number of amides is 5. The van der Waals surface area contributed by atoms with Crippen molar-refractivity contribution in [1.82, 2.24) is 14.5 Å². The summed E-state index contributed by atoms with van der Waals surface area (Å²) in [6.07, 6.45) is 2.71. The number of hydrogen-bond donors (Lipinski definition) is 3. The van der Waals surface area contributed by atoms with Crippen molar-refractivity contribution in [2.24, 2.45) is 0 Å². The molecule has 17 nitrogen and oxygen atoms in total. The van der Waals surface area contributed by atoms with Crippen molar-refractivity contribution in [3.05, 3.63) is 106 Å². The Balaban J connectivity index is 0.800. The van der Waals surface area contributed by atoms with Gasteiger partial charge < -0.3 is 29.7 Å². The molecule has 2 atom stereocenters. The second-order valence-corrected chi connectivity index (χ2v) is 21.9. The number of piperidine rings is 3. The molecule has 9 rings (SSSR count). The van der Waals surface area contributed by atoms with Crippen LogP contribution in [0.5, 0.6) is 5.75 Å². The molecule has 4 aromatic carbocycles. The van der Waals surface area contributed by atoms with Gasteiger partial charge in [-0.15, -0.1) is 11.3 Å². The number of rotatable bonds is 14. The number of urea groups is 1. The van der Waals surface area contributed by atoms with Gasteiger partial charge in [0.2, 0.25) is 21.8 Å². The molecule has 1 unspecified atom stereocenters. The van der Waals surface area contributed by atoms with Gasteiger partial charge in [0.25, 0.3) is 5.91 Å². The van der Waals surface area contributed by atoms with Crippen LogP contribution in [0.1, 0.15) is 96.4 Å². The van der Waals surface area contributed by atoms with Crippen LogP contribution in [-0.2, 0) is 39.6 Å². The normalized spacial score (nSPS) is 19.3. The van der Waals surface area contributed by atoms with Gasteiger partial charge in [0, 0.05) is 60.0 Å². The zero-order valence-electron chi connectivity index (χ0n) is 40.2. The van der Waals surface area contributed by atoms with Crippen molar-refractivity contribution < 1.29 is 55.8 Å². The number of anilines is 3. The van der Waals surface area contributed by atoms with Crippen LogP contribution in [0.2, 0.25) is 0 Å². The van der Waals surface area contributed by atoms with Gasteiger partial charge in [-0.2, -0.15) is 4.31 Å². The highest BCUT2D eigenvalue weighted by molar-refractivity contribution is 7.88. The molecule has 3 saturated heterocycles. The molecule has 1 aromatic heterocycles. The Bertz CT molecular complexity index is 3120. The lowest BCUT2D eigenvalue weighted by molar-refractivity contribution is -0.145. The summed E-state index contributed by atoms with van der Waals surface area (Å²) in [6.45, 7) is 6.09. The van der Waals surface area contributed by atoms with Gasteiger partial charge >= 0.3 is 18.0 Å². The molecule has 378 valence electrons. The Kier molecular flexibility index (Phi) is 14.1. The first-order valence-electron chi connectivity index (χ1n) is 23.9. The number of esters is 2. The summed E-state index contributed by atoms with van der Waals surface area (Å²) in [5.41, 5.74) is 3.57. The fraction of sp³-hybridized carbons (Fsp3) is 0.385. The van der Waals surface area contributed by atoms with Gasteiger partial charge in [-0.1, -0.05) is 42.5 Å². The summed E-state index contributed by atoms with van der Waals surface area (Å²) < 4.78 is 60.8. The van der Waals surface area contributed by atoms with Crippen molar-refractivity contribution in [2.75, 3.05) is 55.5 Å². The van der Waals surface area contributed by atoms with E-state index in [0.29, 0.717) is 72.5 Å². The van der Waals surface area contributed by atoms with Gasteiger partial charge in [0.05, 0.1) is 30.0 Å². The van der Waals surface area contributed by atoms with Crippen molar-refractivity contribution >= 4 is 84.9 Å². The molecule has 0 saturated carbocycles. The SMILES string of the molecule is CCOC(=O)COc1c(C(=O)OC)sc(-c2cccc(NC3CCN(S(=O)(=O)Cc4cccc(NC(=O)N5CCC(c6ccc7c8c(cccc68)C(=O)N7[C@H]6CCC(=O)NC6=O)CC5)c4)C(C)(C)C3)c2)c1F. The first kappa shape index (κ1) is 50.1. The summed E-state index contributed by atoms with van der Waals surface area (Å²) in [7, 11) is -2.67. The fourth-order valence-corrected chi connectivity index (χ4v) is 13.5. The topological polar surface area (TPSA) is 210 Å². The average molecular weight is 1020 g/mol. The van der Waals surface area contributed by atoms with E-state index in [0.717, 1.165) is 34.8 Å². The van der Waals surface area contributed by atoms with Gasteiger partial charge in [0.1, 0.15) is 6.04 Å². The van der Waals surface area contributed by atoms with Crippen LogP contribution in [-0.4, -0.2) is 111 Å². The van der Waals surface area contributed by atoms with Crippen molar-refractivity contribution in [3.63, 3.8) is 0 Å². The zero-order valence-corrected chi connectivity index (χ0v) is 41.9. The molecule has 0 aliphatic carbocycles. The first-order chi connectivity index (χ1) is 34.5. The number of thiophene rings is 1. The van der Waals surface area contributed by atoms with Crippen LogP contribution in [0.3, 0.4) is 0 Å². The maximum atomic E-state index is 15.9. The number of nitrogens with zero attached hydrogens (tertiary/aromatic N) is 3. The monoisotopic (exact) mass is 1020 g/mol. The van der Waals surface area contributed by atoms with E-state index in [2.05, 4.69) is 16.0 Å². The maximum Gasteiger partial charge on any atom is 0.352 e. The van der Waals surface area contributed by atoms with E-state index in [1.54, 1.807) is 60.4 Å². The third-order valence-electron chi connectivity index (χ3n) is 13.8. The zero-order chi connectivity index (χ0) is 51.1. The largest absolute Gasteiger partial charge is 0.477 e. The van der Waals surface area contributed by atoms with Gasteiger partial charge in [-0.3, -0.25) is 24.6 Å². The first-order valence-corrected chi connectivity index (χ1v) is 26.3. The van der Waals surface area contributed by atoms with E-state index >= 15 is 4.39 Å².